The lowest BCUT2D eigenvalue weighted by Gasteiger charge is -2.08. The molecule has 1 N–H and O–H groups in total. The van der Waals surface area contributed by atoms with Gasteiger partial charge in [0.25, 0.3) is 0 Å². The number of nitrogens with one attached hydrogen (secondary N) is 1. The molecular weight excluding hydrogens is 316 g/mol. The molecular formula is C19H18N4O2. The number of nitrogens with zero attached hydrogens (tertiary/aromatic N) is 3. The van der Waals surface area contributed by atoms with Crippen LogP contribution in [0.15, 0.2) is 45.6 Å². The number of fused-ring (bicyclic) bond motifs is 1. The highest BCUT2D eigenvalue weighted by Crippen LogP contribution is 2.33. The van der Waals surface area contributed by atoms with Crippen molar-refractivity contribution in [1.82, 2.24) is 15.1 Å². The Morgan fingerprint density at radius 2 is 2.04 bits per heavy atom. The fourth-order valence-electron chi connectivity index (χ4n) is 2.96. The zero-order valence-corrected chi connectivity index (χ0v) is 14.3. The summed E-state index contributed by atoms with van der Waals surface area (Å²) >= 11 is 0. The fourth-order valence-corrected chi connectivity index (χ4v) is 2.96. The molecule has 4 rings (SSSR count). The van der Waals surface area contributed by atoms with E-state index in [1.54, 1.807) is 6.20 Å². The Kier molecular flexibility index (Phi) is 3.72. The molecule has 0 atom stereocenters. The first-order valence-corrected chi connectivity index (χ1v) is 8.09. The Labute approximate surface area is 144 Å². The van der Waals surface area contributed by atoms with Crippen molar-refractivity contribution in [3.8, 4) is 11.3 Å². The zero-order valence-electron chi connectivity index (χ0n) is 14.3. The summed E-state index contributed by atoms with van der Waals surface area (Å²) in [7, 11) is 0. The van der Waals surface area contributed by atoms with Gasteiger partial charge in [0.05, 0.1) is 17.0 Å². The van der Waals surface area contributed by atoms with E-state index in [0.29, 0.717) is 12.4 Å². The van der Waals surface area contributed by atoms with Crippen LogP contribution in [0.1, 0.15) is 22.8 Å². The molecule has 0 aliphatic heterocycles. The van der Waals surface area contributed by atoms with Gasteiger partial charge < -0.3 is 14.3 Å². The summed E-state index contributed by atoms with van der Waals surface area (Å²) in [5.74, 6) is 2.30. The topological polar surface area (TPSA) is 77.0 Å². The van der Waals surface area contributed by atoms with Crippen LogP contribution in [-0.2, 0) is 6.54 Å². The van der Waals surface area contributed by atoms with Crippen LogP contribution in [0.25, 0.3) is 22.2 Å². The van der Waals surface area contributed by atoms with Crippen molar-refractivity contribution < 1.29 is 8.94 Å². The quantitative estimate of drug-likeness (QED) is 0.595. The molecule has 4 aromatic rings. The summed E-state index contributed by atoms with van der Waals surface area (Å²) in [6.45, 7) is 6.35. The molecule has 4 aromatic heterocycles. The lowest BCUT2D eigenvalue weighted by molar-refractivity contribution is 0.393. The molecule has 0 aliphatic carbocycles. The Hall–Kier alpha value is -3.15. The summed E-state index contributed by atoms with van der Waals surface area (Å²) in [5.41, 5.74) is 4.38. The van der Waals surface area contributed by atoms with Crippen LogP contribution >= 0.6 is 0 Å². The normalized spacial score (nSPS) is 11.2. The molecule has 0 bridgehead atoms. The summed E-state index contributed by atoms with van der Waals surface area (Å²) in [5, 5.41) is 8.39. The van der Waals surface area contributed by atoms with Crippen molar-refractivity contribution in [2.45, 2.75) is 27.3 Å². The summed E-state index contributed by atoms with van der Waals surface area (Å²) in [6.07, 6.45) is 3.59. The van der Waals surface area contributed by atoms with E-state index in [2.05, 4.69) is 15.5 Å². The fraction of sp³-hybridized carbons (Fsp3) is 0.211. The third kappa shape index (κ3) is 2.87. The highest BCUT2D eigenvalue weighted by molar-refractivity contribution is 5.91. The maximum atomic E-state index is 5.84. The van der Waals surface area contributed by atoms with Gasteiger partial charge in [0.15, 0.2) is 11.4 Å². The van der Waals surface area contributed by atoms with Gasteiger partial charge in [-0.25, -0.2) is 4.98 Å². The highest BCUT2D eigenvalue weighted by atomic mass is 16.5. The van der Waals surface area contributed by atoms with Crippen LogP contribution in [0.3, 0.4) is 0 Å². The number of pyridine rings is 2. The van der Waals surface area contributed by atoms with Crippen LogP contribution in [0.5, 0.6) is 0 Å². The first-order valence-electron chi connectivity index (χ1n) is 8.09. The van der Waals surface area contributed by atoms with Crippen molar-refractivity contribution in [3.05, 3.63) is 59.4 Å². The molecule has 6 heteroatoms. The second-order valence-corrected chi connectivity index (χ2v) is 6.05. The van der Waals surface area contributed by atoms with Crippen molar-refractivity contribution in [3.63, 3.8) is 0 Å². The minimum absolute atomic E-state index is 0.612. The zero-order chi connectivity index (χ0) is 17.4. The van der Waals surface area contributed by atoms with Crippen molar-refractivity contribution in [1.29, 1.82) is 0 Å². The van der Waals surface area contributed by atoms with Gasteiger partial charge in [-0.2, -0.15) is 0 Å². The molecule has 0 aromatic carbocycles. The Balaban J connectivity index is 1.79. The Bertz CT molecular complexity index is 1010. The van der Waals surface area contributed by atoms with Crippen LogP contribution < -0.4 is 5.32 Å². The van der Waals surface area contributed by atoms with E-state index in [0.717, 1.165) is 45.0 Å². The van der Waals surface area contributed by atoms with Crippen LogP contribution in [0, 0.1) is 20.8 Å². The van der Waals surface area contributed by atoms with Gasteiger partial charge >= 0.3 is 0 Å². The van der Waals surface area contributed by atoms with Crippen molar-refractivity contribution >= 4 is 16.8 Å². The molecule has 0 aliphatic rings. The molecule has 0 radical (unpaired) electrons. The van der Waals surface area contributed by atoms with Crippen LogP contribution in [0.4, 0.5) is 5.82 Å². The van der Waals surface area contributed by atoms with Crippen LogP contribution in [-0.4, -0.2) is 15.1 Å². The summed E-state index contributed by atoms with van der Waals surface area (Å²) in [4.78, 5) is 8.91. The largest absolute Gasteiger partial charge is 0.457 e. The number of rotatable bonds is 4. The van der Waals surface area contributed by atoms with Crippen molar-refractivity contribution in [2.24, 2.45) is 0 Å². The van der Waals surface area contributed by atoms with E-state index in [1.165, 1.54) is 0 Å². The standard InChI is InChI=1S/C19H18N4O2/c1-11-7-15-8-16(17-12(2)23-25-13(17)3)22-19(18(15)24-11)21-10-14-5-4-6-20-9-14/h4-9H,10H2,1-3H3,(H,21,22). The van der Waals surface area contributed by atoms with Gasteiger partial charge in [-0.3, -0.25) is 4.98 Å². The molecule has 0 saturated heterocycles. The van der Waals surface area contributed by atoms with Gasteiger partial charge in [0.1, 0.15) is 11.5 Å². The predicted molar refractivity (Wildman–Crippen MR) is 95.3 cm³/mol. The van der Waals surface area contributed by atoms with Gasteiger partial charge in [0.2, 0.25) is 0 Å². The number of anilines is 1. The first-order chi connectivity index (χ1) is 12.1. The molecule has 126 valence electrons. The lowest BCUT2D eigenvalue weighted by Crippen LogP contribution is -2.03. The van der Waals surface area contributed by atoms with Crippen LogP contribution in [0.2, 0.25) is 0 Å². The average molecular weight is 334 g/mol. The van der Waals surface area contributed by atoms with E-state index >= 15 is 0 Å². The minimum atomic E-state index is 0.612. The van der Waals surface area contributed by atoms with Gasteiger partial charge in [-0.1, -0.05) is 11.2 Å². The second kappa shape index (κ2) is 6.05. The SMILES string of the molecule is Cc1cc2cc(-c3c(C)noc3C)nc(NCc3cccnc3)c2o1. The molecule has 0 spiro atoms. The maximum absolute atomic E-state index is 5.84. The number of hydrogen-bond donors (Lipinski definition) is 1. The smallest absolute Gasteiger partial charge is 0.176 e. The molecule has 6 nitrogen and oxygen atoms in total. The Morgan fingerprint density at radius 3 is 2.76 bits per heavy atom. The monoisotopic (exact) mass is 334 g/mol. The predicted octanol–water partition coefficient (Wildman–Crippen LogP) is 4.42. The summed E-state index contributed by atoms with van der Waals surface area (Å²) < 4.78 is 11.1. The van der Waals surface area contributed by atoms with E-state index < -0.39 is 0 Å². The second-order valence-electron chi connectivity index (χ2n) is 6.05. The van der Waals surface area contributed by atoms with Gasteiger partial charge in [0, 0.05) is 24.3 Å². The third-order valence-electron chi connectivity index (χ3n) is 4.10. The maximum Gasteiger partial charge on any atom is 0.176 e. The molecule has 0 saturated carbocycles. The Morgan fingerprint density at radius 1 is 1.16 bits per heavy atom. The number of aromatic nitrogens is 3. The number of hydrogen-bond acceptors (Lipinski definition) is 6. The van der Waals surface area contributed by atoms with Gasteiger partial charge in [-0.05, 0) is 44.5 Å². The molecule has 0 unspecified atom stereocenters. The molecule has 0 fully saturated rings. The van der Waals surface area contributed by atoms with E-state index in [-0.39, 0.29) is 0 Å². The number of furan rings is 1. The summed E-state index contributed by atoms with van der Waals surface area (Å²) in [6, 6.07) is 7.95. The highest BCUT2D eigenvalue weighted by Gasteiger charge is 2.17. The van der Waals surface area contributed by atoms with E-state index in [1.807, 2.05) is 51.2 Å². The molecule has 4 heterocycles. The lowest BCUT2D eigenvalue weighted by atomic mass is 10.1. The number of aryl methyl sites for hydroxylation is 3. The van der Waals surface area contributed by atoms with Gasteiger partial charge in [-0.15, -0.1) is 0 Å². The average Bonchev–Trinajstić information content (AvgIpc) is 3.14. The van der Waals surface area contributed by atoms with Crippen molar-refractivity contribution in [2.75, 3.05) is 5.32 Å². The first kappa shape index (κ1) is 15.4. The minimum Gasteiger partial charge on any atom is -0.457 e. The van der Waals surface area contributed by atoms with E-state index in [9.17, 15) is 0 Å². The molecule has 25 heavy (non-hydrogen) atoms. The third-order valence-corrected chi connectivity index (χ3v) is 4.10. The van der Waals surface area contributed by atoms with E-state index in [4.69, 9.17) is 13.9 Å². The molecule has 0 amide bonds.